The Morgan fingerprint density at radius 3 is 1.32 bits per heavy atom. The van der Waals surface area contributed by atoms with E-state index < -0.39 is 18.8 Å². The summed E-state index contributed by atoms with van der Waals surface area (Å²) in [7, 11) is 0. The van der Waals surface area contributed by atoms with Crippen molar-refractivity contribution in [2.24, 2.45) is 0 Å². The number of hydrogen-bond acceptors (Lipinski definition) is 4. The molecule has 3 aromatic rings. The van der Waals surface area contributed by atoms with Crippen molar-refractivity contribution in [1.82, 2.24) is 0 Å². The summed E-state index contributed by atoms with van der Waals surface area (Å²) < 4.78 is 9.90. The van der Waals surface area contributed by atoms with Crippen LogP contribution >= 0.6 is 6.89 Å². The fraction of sp³-hybridized carbons (Fsp3) is 0.192. The van der Waals surface area contributed by atoms with Crippen LogP contribution in [0.3, 0.4) is 0 Å². The lowest BCUT2D eigenvalue weighted by molar-refractivity contribution is -0.150. The zero-order valence-electron chi connectivity index (χ0n) is 17.3. The highest BCUT2D eigenvalue weighted by Gasteiger charge is 2.39. The Bertz CT molecular complexity index is 977. The van der Waals surface area contributed by atoms with E-state index in [4.69, 9.17) is 9.47 Å². The quantitative estimate of drug-likeness (QED) is 0.362. The molecule has 0 aromatic heterocycles. The van der Waals surface area contributed by atoms with Crippen molar-refractivity contribution >= 4 is 40.0 Å². The second-order valence-electron chi connectivity index (χ2n) is 7.38. The van der Waals surface area contributed by atoms with Crippen LogP contribution in [0.2, 0.25) is 0 Å². The second-order valence-corrected chi connectivity index (χ2v) is 10.8. The van der Waals surface area contributed by atoms with Gasteiger partial charge in [0.05, 0.1) is 11.7 Å². The molecule has 0 radical (unpaired) electrons. The third-order valence-electron chi connectivity index (χ3n) is 5.42. The Morgan fingerprint density at radius 2 is 1.03 bits per heavy atom. The van der Waals surface area contributed by atoms with Crippen molar-refractivity contribution in [3.63, 3.8) is 0 Å². The maximum atomic E-state index is 12.7. The maximum Gasteiger partial charge on any atom is 0.343 e. The van der Waals surface area contributed by atoms with Gasteiger partial charge in [-0.15, -0.1) is 0 Å². The molecule has 2 aliphatic rings. The summed E-state index contributed by atoms with van der Waals surface area (Å²) >= 11 is 0. The van der Waals surface area contributed by atoms with Crippen LogP contribution in [0.15, 0.2) is 91.0 Å². The Morgan fingerprint density at radius 1 is 0.613 bits per heavy atom. The zero-order valence-corrected chi connectivity index (χ0v) is 18.2. The molecule has 0 atom stereocenters. The number of esters is 2. The number of ether oxygens (including phenoxy) is 2. The SMILES string of the molecule is C1CCOC1.O=C1CC(=P(c2ccccc2)(c2ccccc2)c2ccccc2)C(=O)O1. The molecule has 2 fully saturated rings. The molecule has 0 unspecified atom stereocenters. The van der Waals surface area contributed by atoms with Crippen LogP contribution in [0.25, 0.3) is 0 Å². The maximum absolute atomic E-state index is 12.7. The number of rotatable bonds is 3. The normalized spacial score (nSPS) is 15.9. The number of hydrogen-bond donors (Lipinski definition) is 0. The van der Waals surface area contributed by atoms with E-state index in [0.29, 0.717) is 5.29 Å². The molecule has 2 aliphatic heterocycles. The van der Waals surface area contributed by atoms with Gasteiger partial charge in [-0.3, -0.25) is 4.79 Å². The van der Waals surface area contributed by atoms with Gasteiger partial charge in [0.15, 0.2) is 0 Å². The standard InChI is InChI=1S/C22H17O3P.C4H8O/c23-21-16-20(22(24)25-21)26(17-10-4-1-5-11-17,18-12-6-2-7-13-18)19-14-8-3-9-15-19;1-2-4-5-3-1/h1-15H,16H2;1-4H2. The summed E-state index contributed by atoms with van der Waals surface area (Å²) in [5, 5.41) is 3.68. The number of carbonyl (C=O) groups is 2. The molecule has 0 saturated carbocycles. The molecule has 0 spiro atoms. The zero-order chi connectivity index (χ0) is 21.5. The smallest absolute Gasteiger partial charge is 0.343 e. The molecule has 0 bridgehead atoms. The van der Waals surface area contributed by atoms with Gasteiger partial charge in [-0.25, -0.2) is 4.79 Å². The van der Waals surface area contributed by atoms with Crippen molar-refractivity contribution < 1.29 is 19.1 Å². The van der Waals surface area contributed by atoms with E-state index in [1.54, 1.807) is 0 Å². The second kappa shape index (κ2) is 9.91. The summed E-state index contributed by atoms with van der Waals surface area (Å²) in [5.74, 6) is -0.975. The van der Waals surface area contributed by atoms with Gasteiger partial charge in [-0.2, -0.15) is 0 Å². The molecular weight excluding hydrogens is 407 g/mol. The highest BCUT2D eigenvalue weighted by Crippen LogP contribution is 2.48. The molecule has 2 heterocycles. The summed E-state index contributed by atoms with van der Waals surface area (Å²) in [6, 6.07) is 29.9. The fourth-order valence-corrected chi connectivity index (χ4v) is 8.42. The van der Waals surface area contributed by atoms with Crippen LogP contribution in [0.5, 0.6) is 0 Å². The van der Waals surface area contributed by atoms with Gasteiger partial charge in [-0.05, 0) is 35.6 Å². The third kappa shape index (κ3) is 4.41. The average molecular weight is 432 g/mol. The van der Waals surface area contributed by atoms with Gasteiger partial charge in [0.2, 0.25) is 0 Å². The summed E-state index contributed by atoms with van der Waals surface area (Å²) in [4.78, 5) is 24.7. The van der Waals surface area contributed by atoms with Crippen LogP contribution in [0, 0.1) is 0 Å². The summed E-state index contributed by atoms with van der Waals surface area (Å²) in [5.41, 5.74) is 0. The Kier molecular flexibility index (Phi) is 6.81. The number of carbonyl (C=O) groups excluding carboxylic acids is 2. The Hall–Kier alpha value is -2.94. The van der Waals surface area contributed by atoms with E-state index in [0.717, 1.165) is 29.1 Å². The lowest BCUT2D eigenvalue weighted by Gasteiger charge is -2.30. The Balaban J connectivity index is 0.000000407. The minimum atomic E-state index is -2.47. The predicted octanol–water partition coefficient (Wildman–Crippen LogP) is 3.42. The topological polar surface area (TPSA) is 52.6 Å². The summed E-state index contributed by atoms with van der Waals surface area (Å²) in [6.45, 7) is -0.473. The van der Waals surface area contributed by atoms with E-state index in [9.17, 15) is 9.59 Å². The van der Waals surface area contributed by atoms with Crippen LogP contribution in [-0.4, -0.2) is 30.4 Å². The lowest BCUT2D eigenvalue weighted by Crippen LogP contribution is -2.32. The van der Waals surface area contributed by atoms with Gasteiger partial charge >= 0.3 is 11.9 Å². The first-order valence-electron chi connectivity index (χ1n) is 10.5. The van der Waals surface area contributed by atoms with E-state index in [-0.39, 0.29) is 6.42 Å². The molecule has 3 aromatic carbocycles. The van der Waals surface area contributed by atoms with Gasteiger partial charge in [0, 0.05) is 13.2 Å². The predicted molar refractivity (Wildman–Crippen MR) is 126 cm³/mol. The minimum absolute atomic E-state index is 0.0330. The van der Waals surface area contributed by atoms with Crippen LogP contribution in [0.1, 0.15) is 19.3 Å². The van der Waals surface area contributed by atoms with Gasteiger partial charge in [0.25, 0.3) is 0 Å². The molecule has 31 heavy (non-hydrogen) atoms. The monoisotopic (exact) mass is 432 g/mol. The van der Waals surface area contributed by atoms with Crippen molar-refractivity contribution in [2.75, 3.05) is 13.2 Å². The van der Waals surface area contributed by atoms with E-state index in [1.165, 1.54) is 12.8 Å². The summed E-state index contributed by atoms with van der Waals surface area (Å²) in [6.07, 6.45) is 2.59. The van der Waals surface area contributed by atoms with E-state index in [2.05, 4.69) is 0 Å². The molecule has 4 nitrogen and oxygen atoms in total. The Labute approximate surface area is 182 Å². The highest BCUT2D eigenvalue weighted by molar-refractivity contribution is 7.96. The van der Waals surface area contributed by atoms with Gasteiger partial charge in [0.1, 0.15) is 0 Å². The first-order valence-corrected chi connectivity index (χ1v) is 12.3. The van der Waals surface area contributed by atoms with E-state index >= 15 is 0 Å². The highest BCUT2D eigenvalue weighted by atomic mass is 31.2. The molecule has 0 aliphatic carbocycles. The van der Waals surface area contributed by atoms with Crippen molar-refractivity contribution in [3.05, 3.63) is 91.0 Å². The van der Waals surface area contributed by atoms with Crippen LogP contribution < -0.4 is 15.9 Å². The van der Waals surface area contributed by atoms with Crippen molar-refractivity contribution in [1.29, 1.82) is 0 Å². The fourth-order valence-electron chi connectivity index (χ4n) is 4.04. The molecule has 158 valence electrons. The number of benzene rings is 3. The molecule has 5 heteroatoms. The van der Waals surface area contributed by atoms with Gasteiger partial charge < -0.3 is 9.47 Å². The minimum Gasteiger partial charge on any atom is -0.389 e. The van der Waals surface area contributed by atoms with Crippen LogP contribution in [0.4, 0.5) is 0 Å². The first-order chi connectivity index (χ1) is 15.2. The molecule has 2 saturated heterocycles. The molecule has 0 amide bonds. The molecule has 5 rings (SSSR count). The largest absolute Gasteiger partial charge is 0.389 e. The van der Waals surface area contributed by atoms with Crippen molar-refractivity contribution in [2.45, 2.75) is 19.3 Å². The van der Waals surface area contributed by atoms with Gasteiger partial charge in [-0.1, -0.05) is 91.0 Å². The van der Waals surface area contributed by atoms with Crippen LogP contribution in [-0.2, 0) is 19.1 Å². The third-order valence-corrected chi connectivity index (χ3v) is 9.79. The lowest BCUT2D eigenvalue weighted by atomic mass is 10.3. The first kappa shape index (κ1) is 21.3. The molecular formula is C26H25O4P. The average Bonchev–Trinajstić information content (AvgIpc) is 3.51. The number of cyclic esters (lactones) is 2. The van der Waals surface area contributed by atoms with E-state index in [1.807, 2.05) is 91.0 Å². The van der Waals surface area contributed by atoms with Crippen molar-refractivity contribution in [3.8, 4) is 0 Å². The molecule has 0 N–H and O–H groups in total.